The highest BCUT2D eigenvalue weighted by Crippen LogP contribution is 2.25. The molecule has 1 aromatic heterocycles. The molecular weight excluding hydrogens is 287 g/mol. The molecule has 0 radical (unpaired) electrons. The molecule has 98 valence electrons. The Morgan fingerprint density at radius 1 is 1.21 bits per heavy atom. The van der Waals surface area contributed by atoms with Crippen LogP contribution in [0.1, 0.15) is 15.2 Å². The highest BCUT2D eigenvalue weighted by Gasteiger charge is 2.11. The van der Waals surface area contributed by atoms with Crippen LogP contribution in [-0.2, 0) is 0 Å². The second-order valence-electron chi connectivity index (χ2n) is 3.64. The summed E-state index contributed by atoms with van der Waals surface area (Å²) in [5, 5.41) is 0. The lowest BCUT2D eigenvalue weighted by molar-refractivity contribution is 0.0938. The molecule has 0 aliphatic carbocycles. The third kappa shape index (κ3) is 3.33. The molecule has 0 spiro atoms. The summed E-state index contributed by atoms with van der Waals surface area (Å²) in [7, 11) is 0. The van der Waals surface area contributed by atoms with Crippen molar-refractivity contribution in [1.82, 2.24) is 10.9 Å². The van der Waals surface area contributed by atoms with Gasteiger partial charge in [0.2, 0.25) is 0 Å². The summed E-state index contributed by atoms with van der Waals surface area (Å²) in [6.45, 7) is 3.76. The van der Waals surface area contributed by atoms with Crippen molar-refractivity contribution in [2.45, 2.75) is 0 Å². The van der Waals surface area contributed by atoms with Gasteiger partial charge in [0.05, 0.1) is 20.5 Å². The first kappa shape index (κ1) is 13.6. The Balaban J connectivity index is 1.98. The minimum absolute atomic E-state index is 0.0352. The van der Waals surface area contributed by atoms with Crippen LogP contribution in [0.5, 0.6) is 0 Å². The zero-order valence-corrected chi connectivity index (χ0v) is 11.3. The first-order chi connectivity index (χ1) is 9.08. The van der Waals surface area contributed by atoms with Crippen molar-refractivity contribution in [3.8, 4) is 0 Å². The van der Waals surface area contributed by atoms with E-state index in [1.54, 1.807) is 18.2 Å². The van der Waals surface area contributed by atoms with Crippen molar-refractivity contribution < 1.29 is 9.18 Å². The normalized spacial score (nSPS) is 10.0. The molecule has 0 bridgehead atoms. The summed E-state index contributed by atoms with van der Waals surface area (Å²) in [6, 6.07) is 9.24. The van der Waals surface area contributed by atoms with Gasteiger partial charge >= 0.3 is 0 Å². The standard InChI is InChI=1S/C13H10ClFN2OS/c1-8(11-6-7-12(14)19-11)16-17-13(18)9-4-2-3-5-10(9)15/h2-7,16H,1H2,(H,17,18). The van der Waals surface area contributed by atoms with Crippen molar-refractivity contribution in [3.63, 3.8) is 0 Å². The third-order valence-corrected chi connectivity index (χ3v) is 3.61. The number of hydrazine groups is 1. The lowest BCUT2D eigenvalue weighted by Crippen LogP contribution is -2.36. The van der Waals surface area contributed by atoms with Gasteiger partial charge in [-0.2, -0.15) is 0 Å². The molecule has 1 amide bonds. The summed E-state index contributed by atoms with van der Waals surface area (Å²) in [6.07, 6.45) is 0. The summed E-state index contributed by atoms with van der Waals surface area (Å²) < 4.78 is 14.0. The average Bonchev–Trinajstić information content (AvgIpc) is 2.83. The molecule has 0 aliphatic heterocycles. The summed E-state index contributed by atoms with van der Waals surface area (Å²) >= 11 is 7.12. The van der Waals surface area contributed by atoms with Crippen LogP contribution in [0, 0.1) is 5.82 Å². The average molecular weight is 297 g/mol. The number of carbonyl (C=O) groups is 1. The van der Waals surface area contributed by atoms with Crippen LogP contribution >= 0.6 is 22.9 Å². The molecular formula is C13H10ClFN2OS. The van der Waals surface area contributed by atoms with E-state index in [-0.39, 0.29) is 5.56 Å². The molecule has 0 atom stereocenters. The number of amides is 1. The maximum Gasteiger partial charge on any atom is 0.272 e. The molecule has 0 saturated carbocycles. The Bertz CT molecular complexity index is 627. The molecule has 2 aromatic rings. The maximum atomic E-state index is 13.4. The van der Waals surface area contributed by atoms with E-state index >= 15 is 0 Å². The minimum atomic E-state index is -0.577. The molecule has 2 N–H and O–H groups in total. The first-order valence-electron chi connectivity index (χ1n) is 5.33. The molecule has 3 nitrogen and oxygen atoms in total. The molecule has 0 saturated heterocycles. The smallest absolute Gasteiger partial charge is 0.272 e. The van der Waals surface area contributed by atoms with Crippen molar-refractivity contribution in [2.75, 3.05) is 0 Å². The Hall–Kier alpha value is -1.85. The third-order valence-electron chi connectivity index (χ3n) is 2.32. The van der Waals surface area contributed by atoms with Crippen molar-refractivity contribution in [1.29, 1.82) is 0 Å². The Morgan fingerprint density at radius 3 is 2.58 bits per heavy atom. The second-order valence-corrected chi connectivity index (χ2v) is 5.36. The van der Waals surface area contributed by atoms with E-state index in [1.807, 2.05) is 0 Å². The fourth-order valence-electron chi connectivity index (χ4n) is 1.38. The Labute approximate surface area is 118 Å². The van der Waals surface area contributed by atoms with Crippen LogP contribution in [0.15, 0.2) is 43.0 Å². The zero-order chi connectivity index (χ0) is 13.8. The van der Waals surface area contributed by atoms with Gasteiger partial charge in [-0.05, 0) is 24.3 Å². The van der Waals surface area contributed by atoms with Gasteiger partial charge < -0.3 is 0 Å². The topological polar surface area (TPSA) is 41.1 Å². The van der Waals surface area contributed by atoms with E-state index in [1.165, 1.54) is 29.5 Å². The van der Waals surface area contributed by atoms with Crippen LogP contribution in [0.4, 0.5) is 4.39 Å². The lowest BCUT2D eigenvalue weighted by atomic mass is 10.2. The SMILES string of the molecule is C=C(NNC(=O)c1ccccc1F)c1ccc(Cl)s1. The van der Waals surface area contributed by atoms with Gasteiger partial charge in [0.1, 0.15) is 5.82 Å². The number of thiophene rings is 1. The number of benzene rings is 1. The number of carbonyl (C=O) groups excluding carboxylic acids is 1. The van der Waals surface area contributed by atoms with Gasteiger partial charge in [-0.3, -0.25) is 15.6 Å². The van der Waals surface area contributed by atoms with E-state index in [4.69, 9.17) is 11.6 Å². The summed E-state index contributed by atoms with van der Waals surface area (Å²) in [5.74, 6) is -1.14. The largest absolute Gasteiger partial charge is 0.298 e. The number of hydrogen-bond donors (Lipinski definition) is 2. The van der Waals surface area contributed by atoms with E-state index in [2.05, 4.69) is 17.4 Å². The van der Waals surface area contributed by atoms with Crippen LogP contribution in [0.3, 0.4) is 0 Å². The highest BCUT2D eigenvalue weighted by molar-refractivity contribution is 7.17. The summed E-state index contributed by atoms with van der Waals surface area (Å²) in [4.78, 5) is 12.5. The number of rotatable bonds is 4. The fourth-order valence-corrected chi connectivity index (χ4v) is 2.35. The fraction of sp³-hybridized carbons (Fsp3) is 0. The molecule has 2 rings (SSSR count). The van der Waals surface area contributed by atoms with E-state index in [9.17, 15) is 9.18 Å². The minimum Gasteiger partial charge on any atom is -0.298 e. The van der Waals surface area contributed by atoms with E-state index in [0.29, 0.717) is 10.0 Å². The van der Waals surface area contributed by atoms with Gasteiger partial charge in [0.25, 0.3) is 5.91 Å². The van der Waals surface area contributed by atoms with Crippen LogP contribution in [0.25, 0.3) is 5.70 Å². The Morgan fingerprint density at radius 2 is 1.95 bits per heavy atom. The molecule has 6 heteroatoms. The monoisotopic (exact) mass is 296 g/mol. The number of nitrogens with one attached hydrogen (secondary N) is 2. The van der Waals surface area contributed by atoms with Gasteiger partial charge in [-0.1, -0.05) is 30.3 Å². The molecule has 0 unspecified atom stereocenters. The Kier molecular flexibility index (Phi) is 4.19. The van der Waals surface area contributed by atoms with Crippen molar-refractivity contribution in [2.24, 2.45) is 0 Å². The van der Waals surface area contributed by atoms with Crippen molar-refractivity contribution >= 4 is 34.5 Å². The molecule has 0 fully saturated rings. The van der Waals surface area contributed by atoms with Gasteiger partial charge in [-0.15, -0.1) is 11.3 Å². The van der Waals surface area contributed by atoms with E-state index in [0.717, 1.165) is 4.88 Å². The van der Waals surface area contributed by atoms with Gasteiger partial charge in [0.15, 0.2) is 0 Å². The number of halogens is 2. The zero-order valence-electron chi connectivity index (χ0n) is 9.74. The maximum absolute atomic E-state index is 13.4. The second kappa shape index (κ2) is 5.86. The highest BCUT2D eigenvalue weighted by atomic mass is 35.5. The molecule has 19 heavy (non-hydrogen) atoms. The molecule has 0 aliphatic rings. The molecule has 1 heterocycles. The predicted molar refractivity (Wildman–Crippen MR) is 75.4 cm³/mol. The number of hydrogen-bond acceptors (Lipinski definition) is 3. The van der Waals surface area contributed by atoms with Crippen LogP contribution in [-0.4, -0.2) is 5.91 Å². The van der Waals surface area contributed by atoms with Gasteiger partial charge in [-0.25, -0.2) is 4.39 Å². The lowest BCUT2D eigenvalue weighted by Gasteiger charge is -2.09. The predicted octanol–water partition coefficient (Wildman–Crippen LogP) is 3.45. The summed E-state index contributed by atoms with van der Waals surface area (Å²) in [5.41, 5.74) is 5.46. The van der Waals surface area contributed by atoms with Gasteiger partial charge in [0, 0.05) is 0 Å². The quantitative estimate of drug-likeness (QED) is 0.849. The van der Waals surface area contributed by atoms with E-state index < -0.39 is 11.7 Å². The van der Waals surface area contributed by atoms with Crippen LogP contribution in [0.2, 0.25) is 4.34 Å². The van der Waals surface area contributed by atoms with Crippen LogP contribution < -0.4 is 10.9 Å². The molecule has 1 aromatic carbocycles. The van der Waals surface area contributed by atoms with Crippen molar-refractivity contribution in [3.05, 3.63) is 63.6 Å². The first-order valence-corrected chi connectivity index (χ1v) is 6.53.